The smallest absolute Gasteiger partial charge is 0.145 e. The molecule has 0 amide bonds. The Hall–Kier alpha value is -2.67. The second-order valence-electron chi connectivity index (χ2n) is 6.92. The molecule has 0 radical (unpaired) electrons. The van der Waals surface area contributed by atoms with Crippen LogP contribution in [0.2, 0.25) is 0 Å². The zero-order chi connectivity index (χ0) is 18.1. The molecular weight excluding hydrogens is 330 g/mol. The van der Waals surface area contributed by atoms with Gasteiger partial charge >= 0.3 is 0 Å². The Morgan fingerprint density at radius 2 is 2.19 bits per heavy atom. The molecule has 3 atom stereocenters. The largest absolute Gasteiger partial charge is 0.494 e. The van der Waals surface area contributed by atoms with E-state index in [0.29, 0.717) is 13.0 Å². The zero-order valence-corrected chi connectivity index (χ0v) is 14.9. The van der Waals surface area contributed by atoms with E-state index in [0.717, 1.165) is 40.1 Å². The lowest BCUT2D eigenvalue weighted by atomic mass is 10.0. The third-order valence-corrected chi connectivity index (χ3v) is 5.29. The van der Waals surface area contributed by atoms with Gasteiger partial charge in [0.05, 0.1) is 13.2 Å². The number of pyridine rings is 1. The molecule has 3 N–H and O–H groups in total. The van der Waals surface area contributed by atoms with Gasteiger partial charge in [0, 0.05) is 35.7 Å². The number of para-hydroxylation sites is 1. The molecule has 7 nitrogen and oxygen atoms in total. The van der Waals surface area contributed by atoms with Gasteiger partial charge < -0.3 is 15.2 Å². The Kier molecular flexibility index (Phi) is 4.46. The van der Waals surface area contributed by atoms with E-state index in [-0.39, 0.29) is 17.9 Å². The topological polar surface area (TPSA) is 96.0 Å². The van der Waals surface area contributed by atoms with Gasteiger partial charge in [0.1, 0.15) is 23.4 Å². The number of hydrogen-bond acceptors (Lipinski definition) is 6. The number of aromatic nitrogens is 4. The predicted octanol–water partition coefficient (Wildman–Crippen LogP) is 2.64. The maximum absolute atomic E-state index is 10.5. The molecule has 2 heterocycles. The summed E-state index contributed by atoms with van der Waals surface area (Å²) in [6, 6.07) is 5.93. The molecule has 1 fully saturated rings. The van der Waals surface area contributed by atoms with E-state index in [1.54, 1.807) is 7.11 Å². The van der Waals surface area contributed by atoms with Crippen molar-refractivity contribution in [2.24, 2.45) is 5.92 Å². The highest BCUT2D eigenvalue weighted by Crippen LogP contribution is 2.38. The van der Waals surface area contributed by atoms with Crippen molar-refractivity contribution in [2.75, 3.05) is 19.0 Å². The third kappa shape index (κ3) is 2.99. The van der Waals surface area contributed by atoms with Crippen LogP contribution in [-0.4, -0.2) is 45.0 Å². The van der Waals surface area contributed by atoms with Gasteiger partial charge in [-0.3, -0.25) is 10.1 Å². The summed E-state index contributed by atoms with van der Waals surface area (Å²) in [5.74, 6) is 2.02. The Morgan fingerprint density at radius 3 is 2.96 bits per heavy atom. The minimum absolute atomic E-state index is 0.165. The molecule has 4 rings (SSSR count). The Bertz CT molecular complexity index is 896. The highest BCUT2D eigenvalue weighted by Gasteiger charge is 2.35. The second kappa shape index (κ2) is 6.92. The van der Waals surface area contributed by atoms with Crippen LogP contribution in [0.25, 0.3) is 10.9 Å². The number of hydrogen-bond donors (Lipinski definition) is 3. The average molecular weight is 353 g/mol. The van der Waals surface area contributed by atoms with Gasteiger partial charge in [-0.05, 0) is 31.4 Å². The van der Waals surface area contributed by atoms with Crippen LogP contribution in [-0.2, 0) is 0 Å². The van der Waals surface area contributed by atoms with Gasteiger partial charge in [0.2, 0.25) is 0 Å². The number of rotatable bonds is 5. The third-order valence-electron chi connectivity index (χ3n) is 5.29. The maximum Gasteiger partial charge on any atom is 0.145 e. The average Bonchev–Trinajstić information content (AvgIpc) is 3.30. The number of aryl methyl sites for hydroxylation is 1. The van der Waals surface area contributed by atoms with Crippen molar-refractivity contribution in [3.05, 3.63) is 42.1 Å². The standard InChI is InChI=1S/C19H23N5O2/c1-11-8-20-18-14(4-3-5-16(18)26-2)17(11)21-9-13-6-12(7-15(13)25)19-22-10-23-24-19/h3-5,8,10,12-13,15,25H,6-7,9H2,1-2H3,(H,20,21)(H,22,23,24)/t12?,13-,15-/m1/s1. The number of aliphatic hydroxyl groups is 1. The summed E-state index contributed by atoms with van der Waals surface area (Å²) in [4.78, 5) is 8.76. The molecule has 0 spiro atoms. The van der Waals surface area contributed by atoms with E-state index in [4.69, 9.17) is 4.74 Å². The molecule has 1 aliphatic rings. The number of nitrogens with one attached hydrogen (secondary N) is 2. The Morgan fingerprint density at radius 1 is 1.31 bits per heavy atom. The number of aliphatic hydroxyl groups excluding tert-OH is 1. The number of anilines is 1. The first-order valence-corrected chi connectivity index (χ1v) is 8.87. The second-order valence-corrected chi connectivity index (χ2v) is 6.92. The van der Waals surface area contributed by atoms with Crippen molar-refractivity contribution in [2.45, 2.75) is 31.8 Å². The summed E-state index contributed by atoms with van der Waals surface area (Å²) >= 11 is 0. The van der Waals surface area contributed by atoms with E-state index in [2.05, 4.69) is 25.5 Å². The van der Waals surface area contributed by atoms with Crippen molar-refractivity contribution in [3.8, 4) is 5.75 Å². The molecule has 1 saturated carbocycles. The first-order chi connectivity index (χ1) is 12.7. The first-order valence-electron chi connectivity index (χ1n) is 8.87. The number of ether oxygens (including phenoxy) is 1. The summed E-state index contributed by atoms with van der Waals surface area (Å²) in [5, 5.41) is 21.9. The van der Waals surface area contributed by atoms with Crippen molar-refractivity contribution in [3.63, 3.8) is 0 Å². The molecule has 7 heteroatoms. The molecular formula is C19H23N5O2. The first kappa shape index (κ1) is 16.8. The number of fused-ring (bicyclic) bond motifs is 1. The van der Waals surface area contributed by atoms with E-state index in [1.165, 1.54) is 6.33 Å². The SMILES string of the molecule is COc1cccc2c(NC[C@H]3CC(c4ncn[nH]4)C[C@H]3O)c(C)cnc12. The molecule has 1 aliphatic carbocycles. The molecule has 136 valence electrons. The van der Waals surface area contributed by atoms with Crippen LogP contribution in [0.5, 0.6) is 5.75 Å². The van der Waals surface area contributed by atoms with Crippen molar-refractivity contribution in [1.29, 1.82) is 0 Å². The Labute approximate surface area is 151 Å². The summed E-state index contributed by atoms with van der Waals surface area (Å²) in [7, 11) is 1.65. The zero-order valence-electron chi connectivity index (χ0n) is 14.9. The molecule has 26 heavy (non-hydrogen) atoms. The van der Waals surface area contributed by atoms with E-state index in [1.807, 2.05) is 31.3 Å². The van der Waals surface area contributed by atoms with Gasteiger partial charge in [-0.1, -0.05) is 12.1 Å². The van der Waals surface area contributed by atoms with E-state index < -0.39 is 0 Å². The van der Waals surface area contributed by atoms with Crippen LogP contribution >= 0.6 is 0 Å². The molecule has 2 aromatic heterocycles. The van der Waals surface area contributed by atoms with Crippen LogP contribution in [0.15, 0.2) is 30.7 Å². The van der Waals surface area contributed by atoms with E-state index >= 15 is 0 Å². The Balaban J connectivity index is 1.54. The van der Waals surface area contributed by atoms with Crippen LogP contribution in [0.1, 0.15) is 30.1 Å². The highest BCUT2D eigenvalue weighted by atomic mass is 16.5. The number of nitrogens with zero attached hydrogens (tertiary/aromatic N) is 3. The van der Waals surface area contributed by atoms with Crippen LogP contribution < -0.4 is 10.1 Å². The summed E-state index contributed by atoms with van der Waals surface area (Å²) in [6.45, 7) is 2.74. The van der Waals surface area contributed by atoms with Gasteiger partial charge in [-0.25, -0.2) is 4.98 Å². The minimum Gasteiger partial charge on any atom is -0.494 e. The monoisotopic (exact) mass is 353 g/mol. The summed E-state index contributed by atoms with van der Waals surface area (Å²) in [5.41, 5.74) is 2.96. The number of methoxy groups -OCH3 is 1. The molecule has 0 bridgehead atoms. The minimum atomic E-state index is -0.347. The molecule has 1 unspecified atom stereocenters. The van der Waals surface area contributed by atoms with Gasteiger partial charge in [-0.15, -0.1) is 0 Å². The van der Waals surface area contributed by atoms with Crippen molar-refractivity contribution >= 4 is 16.6 Å². The lowest BCUT2D eigenvalue weighted by Gasteiger charge is -2.19. The van der Waals surface area contributed by atoms with Crippen LogP contribution in [0.3, 0.4) is 0 Å². The van der Waals surface area contributed by atoms with Crippen LogP contribution in [0, 0.1) is 12.8 Å². The van der Waals surface area contributed by atoms with Crippen molar-refractivity contribution in [1.82, 2.24) is 20.2 Å². The molecule has 0 aliphatic heterocycles. The highest BCUT2D eigenvalue weighted by molar-refractivity contribution is 5.96. The number of benzene rings is 1. The fourth-order valence-electron chi connectivity index (χ4n) is 3.89. The van der Waals surface area contributed by atoms with Gasteiger partial charge in [-0.2, -0.15) is 5.10 Å². The van der Waals surface area contributed by atoms with E-state index in [9.17, 15) is 5.11 Å². The molecule has 3 aromatic rings. The number of H-pyrrole nitrogens is 1. The lowest BCUT2D eigenvalue weighted by molar-refractivity contribution is 0.138. The lowest BCUT2D eigenvalue weighted by Crippen LogP contribution is -2.22. The van der Waals surface area contributed by atoms with Gasteiger partial charge in [0.15, 0.2) is 0 Å². The fourth-order valence-corrected chi connectivity index (χ4v) is 3.89. The molecule has 0 saturated heterocycles. The fraction of sp³-hybridized carbons (Fsp3) is 0.421. The maximum atomic E-state index is 10.5. The van der Waals surface area contributed by atoms with Gasteiger partial charge in [0.25, 0.3) is 0 Å². The quantitative estimate of drug-likeness (QED) is 0.653. The number of aromatic amines is 1. The van der Waals surface area contributed by atoms with Crippen LogP contribution in [0.4, 0.5) is 5.69 Å². The normalized spacial score (nSPS) is 22.7. The summed E-state index contributed by atoms with van der Waals surface area (Å²) < 4.78 is 5.43. The summed E-state index contributed by atoms with van der Waals surface area (Å²) in [6.07, 6.45) is 4.63. The van der Waals surface area contributed by atoms with Crippen molar-refractivity contribution < 1.29 is 9.84 Å². The predicted molar refractivity (Wildman–Crippen MR) is 99.4 cm³/mol. The molecule has 1 aromatic carbocycles.